The molecule has 1 N–H and O–H groups in total. The third-order valence-electron chi connectivity index (χ3n) is 5.23. The van der Waals surface area contributed by atoms with Crippen LogP contribution in [0.2, 0.25) is 0 Å². The smallest absolute Gasteiger partial charge is 0.224 e. The number of ether oxygens (including phenoxy) is 1. The molecular formula is C25H24BrN3O2. The van der Waals surface area contributed by atoms with E-state index in [1.807, 2.05) is 61.5 Å². The first-order valence-electron chi connectivity index (χ1n) is 10.2. The molecule has 0 radical (unpaired) electrons. The highest BCUT2D eigenvalue weighted by molar-refractivity contribution is 9.10. The quantitative estimate of drug-likeness (QED) is 0.394. The maximum atomic E-state index is 12.7. The summed E-state index contributed by atoms with van der Waals surface area (Å²) in [6, 6.07) is 23.6. The van der Waals surface area contributed by atoms with Crippen LogP contribution in [0, 0.1) is 0 Å². The Bertz CT molecular complexity index is 1180. The predicted octanol–water partition coefficient (Wildman–Crippen LogP) is 5.28. The Morgan fingerprint density at radius 2 is 1.71 bits per heavy atom. The molecular weight excluding hydrogens is 454 g/mol. The van der Waals surface area contributed by atoms with Gasteiger partial charge < -0.3 is 14.6 Å². The van der Waals surface area contributed by atoms with Crippen LogP contribution in [0.5, 0.6) is 5.75 Å². The second kappa shape index (κ2) is 9.35. The summed E-state index contributed by atoms with van der Waals surface area (Å²) in [5.74, 6) is 1.58. The third-order valence-corrected chi connectivity index (χ3v) is 5.76. The number of aromatic nitrogens is 2. The zero-order valence-electron chi connectivity index (χ0n) is 17.5. The fourth-order valence-electron chi connectivity index (χ4n) is 3.65. The van der Waals surface area contributed by atoms with Crippen LogP contribution >= 0.6 is 15.9 Å². The van der Waals surface area contributed by atoms with Crippen LogP contribution in [-0.4, -0.2) is 22.6 Å². The number of halogens is 1. The van der Waals surface area contributed by atoms with Crippen molar-refractivity contribution in [2.24, 2.45) is 0 Å². The number of nitrogens with zero attached hydrogens (tertiary/aromatic N) is 2. The van der Waals surface area contributed by atoms with Crippen LogP contribution in [0.15, 0.2) is 77.3 Å². The van der Waals surface area contributed by atoms with Gasteiger partial charge >= 0.3 is 0 Å². The van der Waals surface area contributed by atoms with Crippen molar-refractivity contribution in [1.29, 1.82) is 0 Å². The molecule has 1 amide bonds. The van der Waals surface area contributed by atoms with Gasteiger partial charge in [-0.25, -0.2) is 4.98 Å². The van der Waals surface area contributed by atoms with Gasteiger partial charge in [-0.2, -0.15) is 0 Å². The lowest BCUT2D eigenvalue weighted by Gasteiger charge is -2.17. The number of amides is 1. The molecule has 0 aliphatic heterocycles. The van der Waals surface area contributed by atoms with E-state index in [0.717, 1.165) is 32.6 Å². The lowest BCUT2D eigenvalue weighted by molar-refractivity contribution is -0.121. The summed E-state index contributed by atoms with van der Waals surface area (Å²) in [6.45, 7) is 2.66. The van der Waals surface area contributed by atoms with Crippen LogP contribution in [0.1, 0.15) is 29.9 Å². The van der Waals surface area contributed by atoms with Gasteiger partial charge in [-0.1, -0.05) is 52.3 Å². The first kappa shape index (κ1) is 21.1. The fraction of sp³-hybridized carbons (Fsp3) is 0.200. The van der Waals surface area contributed by atoms with Crippen molar-refractivity contribution in [2.75, 3.05) is 7.11 Å². The number of benzene rings is 3. The molecule has 158 valence electrons. The number of methoxy groups -OCH3 is 1. The van der Waals surface area contributed by atoms with E-state index < -0.39 is 0 Å². The van der Waals surface area contributed by atoms with Gasteiger partial charge in [0.15, 0.2) is 0 Å². The molecule has 1 aromatic heterocycles. The highest BCUT2D eigenvalue weighted by atomic mass is 79.9. The monoisotopic (exact) mass is 477 g/mol. The Hall–Kier alpha value is -3.12. The summed E-state index contributed by atoms with van der Waals surface area (Å²) >= 11 is 3.49. The maximum absolute atomic E-state index is 12.7. The number of nitrogens with one attached hydrogen (secondary N) is 1. The summed E-state index contributed by atoms with van der Waals surface area (Å²) < 4.78 is 8.40. The minimum absolute atomic E-state index is 0.0417. The lowest BCUT2D eigenvalue weighted by atomic mass is 10.1. The number of imidazole rings is 1. The van der Waals surface area contributed by atoms with Crippen molar-refractivity contribution in [2.45, 2.75) is 25.9 Å². The molecule has 6 heteroatoms. The number of hydrogen-bond donors (Lipinski definition) is 1. The minimum Gasteiger partial charge on any atom is -0.497 e. The molecule has 0 aliphatic rings. The number of hydrogen-bond acceptors (Lipinski definition) is 3. The van der Waals surface area contributed by atoms with Crippen molar-refractivity contribution in [3.8, 4) is 5.75 Å². The van der Waals surface area contributed by atoms with Crippen molar-refractivity contribution < 1.29 is 9.53 Å². The van der Waals surface area contributed by atoms with E-state index in [2.05, 4.69) is 44.0 Å². The summed E-state index contributed by atoms with van der Waals surface area (Å²) in [7, 11) is 1.63. The highest BCUT2D eigenvalue weighted by Gasteiger charge is 2.19. The molecule has 4 rings (SSSR count). The molecule has 1 unspecified atom stereocenters. The number of para-hydroxylation sites is 2. The summed E-state index contributed by atoms with van der Waals surface area (Å²) in [5.41, 5.74) is 4.08. The van der Waals surface area contributed by atoms with E-state index in [9.17, 15) is 4.79 Å². The minimum atomic E-state index is -0.228. The van der Waals surface area contributed by atoms with Crippen LogP contribution in [-0.2, 0) is 17.8 Å². The molecule has 5 nitrogen and oxygen atoms in total. The van der Waals surface area contributed by atoms with Gasteiger partial charge in [-0.15, -0.1) is 0 Å². The van der Waals surface area contributed by atoms with E-state index in [1.165, 1.54) is 5.56 Å². The van der Waals surface area contributed by atoms with Crippen molar-refractivity contribution in [1.82, 2.24) is 14.9 Å². The van der Waals surface area contributed by atoms with Crippen LogP contribution in [0.4, 0.5) is 0 Å². The molecule has 3 aromatic carbocycles. The van der Waals surface area contributed by atoms with E-state index in [0.29, 0.717) is 13.0 Å². The Morgan fingerprint density at radius 1 is 1.03 bits per heavy atom. The molecule has 0 bridgehead atoms. The lowest BCUT2D eigenvalue weighted by Crippen LogP contribution is -2.30. The molecule has 0 saturated carbocycles. The normalized spacial score (nSPS) is 12.0. The predicted molar refractivity (Wildman–Crippen MR) is 126 cm³/mol. The SMILES string of the molecule is COc1ccc(CC(=O)NC(C)c2nc3ccccc3n2Cc2ccc(Br)cc2)cc1. The van der Waals surface area contributed by atoms with E-state index in [-0.39, 0.29) is 11.9 Å². The van der Waals surface area contributed by atoms with Crippen LogP contribution < -0.4 is 10.1 Å². The van der Waals surface area contributed by atoms with Crippen molar-refractivity contribution in [3.05, 3.63) is 94.2 Å². The van der Waals surface area contributed by atoms with Crippen molar-refractivity contribution in [3.63, 3.8) is 0 Å². The van der Waals surface area contributed by atoms with Crippen LogP contribution in [0.25, 0.3) is 11.0 Å². The zero-order valence-corrected chi connectivity index (χ0v) is 19.1. The van der Waals surface area contributed by atoms with Gasteiger partial charge in [-0.05, 0) is 54.4 Å². The molecule has 4 aromatic rings. The average molecular weight is 478 g/mol. The Labute approximate surface area is 190 Å². The molecule has 1 heterocycles. The Kier molecular flexibility index (Phi) is 6.37. The highest BCUT2D eigenvalue weighted by Crippen LogP contribution is 2.23. The van der Waals surface area contributed by atoms with E-state index in [1.54, 1.807) is 7.11 Å². The standard InChI is InChI=1S/C25H24BrN3O2/c1-17(27-24(30)15-18-9-13-21(31-2)14-10-18)25-28-22-5-3-4-6-23(22)29(25)16-19-7-11-20(26)12-8-19/h3-14,17H,15-16H2,1-2H3,(H,27,30). The molecule has 0 saturated heterocycles. The van der Waals surface area contributed by atoms with E-state index >= 15 is 0 Å². The number of fused-ring (bicyclic) bond motifs is 1. The van der Waals surface area contributed by atoms with Crippen molar-refractivity contribution >= 4 is 32.9 Å². The summed E-state index contributed by atoms with van der Waals surface area (Å²) in [4.78, 5) is 17.5. The van der Waals surface area contributed by atoms with Gasteiger partial charge in [0.25, 0.3) is 0 Å². The zero-order chi connectivity index (χ0) is 21.8. The average Bonchev–Trinajstić information content (AvgIpc) is 3.14. The number of carbonyl (C=O) groups is 1. The first-order chi connectivity index (χ1) is 15.0. The topological polar surface area (TPSA) is 56.1 Å². The molecule has 31 heavy (non-hydrogen) atoms. The molecule has 0 fully saturated rings. The Morgan fingerprint density at radius 3 is 2.42 bits per heavy atom. The van der Waals surface area contributed by atoms with Gasteiger partial charge in [-0.3, -0.25) is 4.79 Å². The number of rotatable bonds is 7. The fourth-order valence-corrected chi connectivity index (χ4v) is 3.91. The van der Waals surface area contributed by atoms with E-state index in [4.69, 9.17) is 9.72 Å². The third kappa shape index (κ3) is 4.97. The molecule has 0 aliphatic carbocycles. The largest absolute Gasteiger partial charge is 0.497 e. The molecule has 0 spiro atoms. The van der Waals surface area contributed by atoms with Gasteiger partial charge in [0.1, 0.15) is 11.6 Å². The maximum Gasteiger partial charge on any atom is 0.224 e. The summed E-state index contributed by atoms with van der Waals surface area (Å²) in [6.07, 6.45) is 0.307. The molecule has 1 atom stereocenters. The first-order valence-corrected chi connectivity index (χ1v) is 10.9. The second-order valence-corrected chi connectivity index (χ2v) is 8.40. The summed E-state index contributed by atoms with van der Waals surface area (Å²) in [5, 5.41) is 3.11. The van der Waals surface area contributed by atoms with Gasteiger partial charge in [0, 0.05) is 11.0 Å². The van der Waals surface area contributed by atoms with Crippen LogP contribution in [0.3, 0.4) is 0 Å². The number of carbonyl (C=O) groups excluding carboxylic acids is 1. The second-order valence-electron chi connectivity index (χ2n) is 7.49. The van der Waals surface area contributed by atoms with Gasteiger partial charge in [0.2, 0.25) is 5.91 Å². The Balaban J connectivity index is 1.55. The van der Waals surface area contributed by atoms with Gasteiger partial charge in [0.05, 0.1) is 30.6 Å².